The molecular weight excluding hydrogens is 276 g/mol. The van der Waals surface area contributed by atoms with Gasteiger partial charge in [-0.15, -0.1) is 0 Å². The number of carboxylic acids is 1. The fourth-order valence-corrected chi connectivity index (χ4v) is 2.05. The molecule has 0 radical (unpaired) electrons. The molecule has 0 unspecified atom stereocenters. The summed E-state index contributed by atoms with van der Waals surface area (Å²) in [5.41, 5.74) is 0.856. The zero-order valence-electron chi connectivity index (χ0n) is 8.27. The topological polar surface area (TPSA) is 72.2 Å². The van der Waals surface area contributed by atoms with Gasteiger partial charge < -0.3 is 5.11 Å². The quantitative estimate of drug-likeness (QED) is 0.671. The molecule has 5 nitrogen and oxygen atoms in total. The van der Waals surface area contributed by atoms with Crippen LogP contribution in [0.3, 0.4) is 0 Å². The smallest absolute Gasteiger partial charge is 0.377 e. The van der Waals surface area contributed by atoms with Crippen molar-refractivity contribution < 1.29 is 14.7 Å². The van der Waals surface area contributed by atoms with Crippen LogP contribution in [0.1, 0.15) is 10.4 Å². The van der Waals surface area contributed by atoms with Crippen LogP contribution in [0.4, 0.5) is 0 Å². The van der Waals surface area contributed by atoms with Crippen molar-refractivity contribution in [3.05, 3.63) is 28.4 Å². The third-order valence-corrected chi connectivity index (χ3v) is 2.85. The minimum atomic E-state index is -1.46. The molecule has 0 spiro atoms. The van der Waals surface area contributed by atoms with E-state index in [-0.39, 0.29) is 5.56 Å². The highest BCUT2D eigenvalue weighted by Gasteiger charge is 2.16. The van der Waals surface area contributed by atoms with Gasteiger partial charge in [-0.3, -0.25) is 9.48 Å². The summed E-state index contributed by atoms with van der Waals surface area (Å²) in [6.07, 6.45) is 0. The molecule has 1 aromatic carbocycles. The number of hydrogen-bond donors (Lipinski definition) is 1. The van der Waals surface area contributed by atoms with Crippen LogP contribution in [0.2, 0.25) is 0 Å². The summed E-state index contributed by atoms with van der Waals surface area (Å²) < 4.78 is 2.25. The number of aromatic nitrogens is 2. The van der Waals surface area contributed by atoms with Crippen molar-refractivity contribution >= 4 is 38.6 Å². The second kappa shape index (κ2) is 3.71. The molecule has 0 saturated carbocycles. The fourth-order valence-electron chi connectivity index (χ4n) is 1.48. The number of Topliss-reactive ketones (excluding diaryl/α,β-unsaturated/α-hetero) is 1. The number of rotatable bonds is 2. The van der Waals surface area contributed by atoms with E-state index in [0.29, 0.717) is 10.1 Å². The van der Waals surface area contributed by atoms with E-state index < -0.39 is 11.8 Å². The lowest BCUT2D eigenvalue weighted by atomic mass is 10.1. The van der Waals surface area contributed by atoms with Gasteiger partial charge in [-0.05, 0) is 34.1 Å². The van der Waals surface area contributed by atoms with Gasteiger partial charge in [0.2, 0.25) is 0 Å². The number of aryl methyl sites for hydroxylation is 1. The largest absolute Gasteiger partial charge is 0.475 e. The molecule has 0 atom stereocenters. The maximum absolute atomic E-state index is 11.3. The van der Waals surface area contributed by atoms with E-state index in [9.17, 15) is 9.59 Å². The summed E-state index contributed by atoms with van der Waals surface area (Å²) >= 11 is 3.28. The predicted molar refractivity (Wildman–Crippen MR) is 60.4 cm³/mol. The van der Waals surface area contributed by atoms with Gasteiger partial charge in [0.15, 0.2) is 0 Å². The van der Waals surface area contributed by atoms with Gasteiger partial charge in [-0.1, -0.05) is 0 Å². The number of aliphatic carboxylic acids is 1. The maximum Gasteiger partial charge on any atom is 0.377 e. The Morgan fingerprint density at radius 3 is 2.75 bits per heavy atom. The summed E-state index contributed by atoms with van der Waals surface area (Å²) in [6, 6.07) is 4.66. The number of carbonyl (C=O) groups is 2. The Morgan fingerprint density at radius 2 is 2.12 bits per heavy atom. The minimum Gasteiger partial charge on any atom is -0.475 e. The Bertz CT molecular complexity index is 603. The standard InChI is InChI=1S/C10H7BrN2O3/c1-13-7-4-5(8(14)10(15)16)2-3-6(7)9(11)12-13/h2-4H,1H3,(H,15,16). The molecule has 0 bridgehead atoms. The van der Waals surface area contributed by atoms with E-state index in [4.69, 9.17) is 5.11 Å². The molecule has 82 valence electrons. The van der Waals surface area contributed by atoms with E-state index in [1.165, 1.54) is 12.1 Å². The van der Waals surface area contributed by atoms with Crippen molar-refractivity contribution in [3.8, 4) is 0 Å². The summed E-state index contributed by atoms with van der Waals surface area (Å²) in [6.45, 7) is 0. The van der Waals surface area contributed by atoms with Crippen molar-refractivity contribution in [1.29, 1.82) is 0 Å². The second-order valence-corrected chi connectivity index (χ2v) is 4.03. The number of nitrogens with zero attached hydrogens (tertiary/aromatic N) is 2. The van der Waals surface area contributed by atoms with E-state index in [1.54, 1.807) is 17.8 Å². The van der Waals surface area contributed by atoms with Gasteiger partial charge >= 0.3 is 5.97 Å². The van der Waals surface area contributed by atoms with Crippen molar-refractivity contribution in [2.45, 2.75) is 0 Å². The predicted octanol–water partition coefficient (Wildman–Crippen LogP) is 1.60. The first-order valence-corrected chi connectivity index (χ1v) is 5.20. The normalized spacial score (nSPS) is 10.6. The molecule has 2 rings (SSSR count). The fraction of sp³-hybridized carbons (Fsp3) is 0.100. The van der Waals surface area contributed by atoms with Gasteiger partial charge in [0, 0.05) is 18.0 Å². The van der Waals surface area contributed by atoms with E-state index in [1.807, 2.05) is 0 Å². The van der Waals surface area contributed by atoms with Crippen molar-refractivity contribution in [1.82, 2.24) is 9.78 Å². The first-order chi connectivity index (χ1) is 7.50. The number of halogens is 1. The SMILES string of the molecule is Cn1nc(Br)c2ccc(C(=O)C(=O)O)cc21. The molecule has 1 heterocycles. The van der Waals surface area contributed by atoms with Crippen LogP contribution in [0.5, 0.6) is 0 Å². The summed E-state index contributed by atoms with van der Waals surface area (Å²) in [4.78, 5) is 21.8. The molecule has 0 aliphatic carbocycles. The molecule has 0 aliphatic rings. The molecule has 1 N–H and O–H groups in total. The molecule has 16 heavy (non-hydrogen) atoms. The summed E-state index contributed by atoms with van der Waals surface area (Å²) in [5, 5.41) is 13.5. The Balaban J connectivity index is 2.64. The first kappa shape index (κ1) is 10.8. The number of carbonyl (C=O) groups excluding carboxylic acids is 1. The van der Waals surface area contributed by atoms with Crippen LogP contribution in [0, 0.1) is 0 Å². The highest BCUT2D eigenvalue weighted by atomic mass is 79.9. The van der Waals surface area contributed by atoms with Crippen LogP contribution in [-0.2, 0) is 11.8 Å². The average Bonchev–Trinajstić information content (AvgIpc) is 2.53. The molecule has 2 aromatic rings. The van der Waals surface area contributed by atoms with Gasteiger partial charge in [0.05, 0.1) is 5.52 Å². The third-order valence-electron chi connectivity index (χ3n) is 2.26. The zero-order valence-corrected chi connectivity index (χ0v) is 9.85. The number of hydrogen-bond acceptors (Lipinski definition) is 3. The summed E-state index contributed by atoms with van der Waals surface area (Å²) in [5.74, 6) is -2.38. The molecule has 0 saturated heterocycles. The number of ketones is 1. The van der Waals surface area contributed by atoms with Gasteiger partial charge in [0.25, 0.3) is 5.78 Å². The lowest BCUT2D eigenvalue weighted by Crippen LogP contribution is -2.12. The highest BCUT2D eigenvalue weighted by Crippen LogP contribution is 2.23. The minimum absolute atomic E-state index is 0.149. The lowest BCUT2D eigenvalue weighted by Gasteiger charge is -1.97. The van der Waals surface area contributed by atoms with Crippen LogP contribution in [-0.4, -0.2) is 26.6 Å². The van der Waals surface area contributed by atoms with Crippen LogP contribution in [0.25, 0.3) is 10.9 Å². The molecule has 0 amide bonds. The molecule has 6 heteroatoms. The van der Waals surface area contributed by atoms with Gasteiger partial charge in [0.1, 0.15) is 4.60 Å². The average molecular weight is 283 g/mol. The van der Waals surface area contributed by atoms with Crippen molar-refractivity contribution in [3.63, 3.8) is 0 Å². The van der Waals surface area contributed by atoms with Crippen molar-refractivity contribution in [2.24, 2.45) is 7.05 Å². The number of carboxylic acid groups (broad SMARTS) is 1. The van der Waals surface area contributed by atoms with Gasteiger partial charge in [-0.25, -0.2) is 4.79 Å². The van der Waals surface area contributed by atoms with Gasteiger partial charge in [-0.2, -0.15) is 5.10 Å². The highest BCUT2D eigenvalue weighted by molar-refractivity contribution is 9.10. The number of fused-ring (bicyclic) bond motifs is 1. The van der Waals surface area contributed by atoms with Crippen LogP contribution >= 0.6 is 15.9 Å². The first-order valence-electron chi connectivity index (χ1n) is 4.40. The Labute approximate surface area is 98.8 Å². The monoisotopic (exact) mass is 282 g/mol. The molecule has 1 aromatic heterocycles. The van der Waals surface area contributed by atoms with Crippen molar-refractivity contribution in [2.75, 3.05) is 0 Å². The number of benzene rings is 1. The van der Waals surface area contributed by atoms with Crippen LogP contribution in [0.15, 0.2) is 22.8 Å². The lowest BCUT2D eigenvalue weighted by molar-refractivity contribution is -0.131. The Kier molecular flexibility index (Phi) is 2.51. The zero-order chi connectivity index (χ0) is 11.9. The molecule has 0 fully saturated rings. The molecule has 0 aliphatic heterocycles. The van der Waals surface area contributed by atoms with Crippen LogP contribution < -0.4 is 0 Å². The maximum atomic E-state index is 11.3. The molecular formula is C10H7BrN2O3. The second-order valence-electron chi connectivity index (χ2n) is 3.28. The van der Waals surface area contributed by atoms with E-state index in [0.717, 1.165) is 5.39 Å². The summed E-state index contributed by atoms with van der Waals surface area (Å²) in [7, 11) is 1.72. The Morgan fingerprint density at radius 1 is 1.44 bits per heavy atom. The third kappa shape index (κ3) is 1.61. The van der Waals surface area contributed by atoms with E-state index >= 15 is 0 Å². The Hall–Kier alpha value is -1.69. The van der Waals surface area contributed by atoms with E-state index in [2.05, 4.69) is 21.0 Å².